The number of carbonyl (C=O) groups excluding carboxylic acids is 1. The molecule has 1 aliphatic rings. The number of aliphatic hydroxyl groups excluding tert-OH is 1. The van der Waals surface area contributed by atoms with Crippen molar-refractivity contribution >= 4 is 5.91 Å². The molecular weight excluding hydrogens is 337 g/mol. The van der Waals surface area contributed by atoms with Crippen LogP contribution in [-0.4, -0.2) is 33.5 Å². The van der Waals surface area contributed by atoms with Crippen molar-refractivity contribution in [1.29, 1.82) is 0 Å². The molecule has 1 fully saturated rings. The van der Waals surface area contributed by atoms with Gasteiger partial charge < -0.3 is 15.0 Å². The van der Waals surface area contributed by atoms with E-state index in [1.165, 1.54) is 41.4 Å². The van der Waals surface area contributed by atoms with Gasteiger partial charge in [0, 0.05) is 18.8 Å². The average Bonchev–Trinajstić information content (AvgIpc) is 2.96. The van der Waals surface area contributed by atoms with E-state index in [1.807, 2.05) is 0 Å². The van der Waals surface area contributed by atoms with Gasteiger partial charge in [-0.25, -0.2) is 0 Å². The molecule has 8 heteroatoms. The van der Waals surface area contributed by atoms with Crippen molar-refractivity contribution in [3.05, 3.63) is 69.6 Å². The van der Waals surface area contributed by atoms with E-state index in [0.717, 1.165) is 6.07 Å². The molecule has 1 aromatic carbocycles. The van der Waals surface area contributed by atoms with Gasteiger partial charge in [0.25, 0.3) is 5.91 Å². The topological polar surface area (TPSA) is 73.4 Å². The van der Waals surface area contributed by atoms with Crippen LogP contribution in [0.4, 0.5) is 13.2 Å². The van der Waals surface area contributed by atoms with E-state index in [2.05, 4.69) is 4.98 Å². The Bertz CT molecular complexity index is 827. The molecule has 25 heavy (non-hydrogen) atoms. The first kappa shape index (κ1) is 17.2. The van der Waals surface area contributed by atoms with Crippen molar-refractivity contribution in [3.63, 3.8) is 0 Å². The highest BCUT2D eigenvalue weighted by Crippen LogP contribution is 2.40. The summed E-state index contributed by atoms with van der Waals surface area (Å²) in [6, 6.07) is 6.61. The Kier molecular flexibility index (Phi) is 4.38. The summed E-state index contributed by atoms with van der Waals surface area (Å²) >= 11 is 0. The van der Waals surface area contributed by atoms with Crippen molar-refractivity contribution in [2.75, 3.05) is 6.54 Å². The number of pyridine rings is 1. The van der Waals surface area contributed by atoms with Crippen LogP contribution >= 0.6 is 0 Å². The summed E-state index contributed by atoms with van der Waals surface area (Å²) in [7, 11) is 0. The first-order chi connectivity index (χ1) is 11.8. The summed E-state index contributed by atoms with van der Waals surface area (Å²) in [5.74, 6) is -0.547. The maximum atomic E-state index is 13.3. The molecule has 2 atom stereocenters. The van der Waals surface area contributed by atoms with Gasteiger partial charge in [0.15, 0.2) is 0 Å². The second-order valence-corrected chi connectivity index (χ2v) is 5.89. The number of halogens is 3. The summed E-state index contributed by atoms with van der Waals surface area (Å²) in [5, 5.41) is 9.93. The van der Waals surface area contributed by atoms with Crippen molar-refractivity contribution in [1.82, 2.24) is 9.88 Å². The Balaban J connectivity index is 2.00. The maximum Gasteiger partial charge on any atom is 0.416 e. The number of aromatic nitrogens is 1. The lowest BCUT2D eigenvalue weighted by Crippen LogP contribution is -2.33. The van der Waals surface area contributed by atoms with Crippen LogP contribution in [0.1, 0.15) is 33.9 Å². The van der Waals surface area contributed by atoms with Crippen LogP contribution in [0, 0.1) is 0 Å². The fourth-order valence-electron chi connectivity index (χ4n) is 3.09. The van der Waals surface area contributed by atoms with Crippen LogP contribution in [-0.2, 0) is 6.18 Å². The molecule has 0 unspecified atom stereocenters. The lowest BCUT2D eigenvalue weighted by atomic mass is 9.97. The molecule has 1 amide bonds. The Morgan fingerprint density at radius 2 is 1.92 bits per heavy atom. The van der Waals surface area contributed by atoms with Crippen molar-refractivity contribution in [2.45, 2.75) is 24.7 Å². The summed E-state index contributed by atoms with van der Waals surface area (Å²) in [5.41, 5.74) is -1.13. The average molecular weight is 352 g/mol. The molecule has 0 spiro atoms. The first-order valence-electron chi connectivity index (χ1n) is 7.61. The first-order valence-corrected chi connectivity index (χ1v) is 7.61. The minimum absolute atomic E-state index is 0.0161. The number of benzene rings is 1. The summed E-state index contributed by atoms with van der Waals surface area (Å²) < 4.78 is 39.9. The van der Waals surface area contributed by atoms with Gasteiger partial charge in [0.05, 0.1) is 23.3 Å². The lowest BCUT2D eigenvalue weighted by molar-refractivity contribution is -0.138. The standard InChI is InChI=1S/C17H15F3N2O3/c18-17(19,20)13-4-2-1-3-12(13)14-7-11(23)9-22(14)16(25)10-5-6-15(24)21-8-10/h1-6,8,11,14,23H,7,9H2,(H,21,24)/t11-,14+/m0/s1. The smallest absolute Gasteiger partial charge is 0.391 e. The van der Waals surface area contributed by atoms with E-state index < -0.39 is 35.4 Å². The lowest BCUT2D eigenvalue weighted by Gasteiger charge is -2.27. The number of aromatic amines is 1. The molecule has 1 saturated heterocycles. The highest BCUT2D eigenvalue weighted by Gasteiger charge is 2.41. The van der Waals surface area contributed by atoms with Gasteiger partial charge in [-0.1, -0.05) is 18.2 Å². The molecular formula is C17H15F3N2O3. The van der Waals surface area contributed by atoms with E-state index in [1.54, 1.807) is 0 Å². The van der Waals surface area contributed by atoms with E-state index in [0.29, 0.717) is 0 Å². The van der Waals surface area contributed by atoms with E-state index in [9.17, 15) is 27.9 Å². The van der Waals surface area contributed by atoms with E-state index >= 15 is 0 Å². The monoisotopic (exact) mass is 352 g/mol. The number of nitrogens with zero attached hydrogens (tertiary/aromatic N) is 1. The number of hydrogen-bond acceptors (Lipinski definition) is 3. The molecule has 0 bridgehead atoms. The number of rotatable bonds is 2. The largest absolute Gasteiger partial charge is 0.416 e. The number of nitrogens with one attached hydrogen (secondary N) is 1. The van der Waals surface area contributed by atoms with Crippen molar-refractivity contribution < 1.29 is 23.1 Å². The Morgan fingerprint density at radius 3 is 2.56 bits per heavy atom. The SMILES string of the molecule is O=C(c1ccc(=O)[nH]c1)N1C[C@@H](O)C[C@@H]1c1ccccc1C(F)(F)F. The number of H-pyrrole nitrogens is 1. The number of β-amino-alcohol motifs (C(OH)–C–C–N with tert-alkyl or cyclic N) is 1. The molecule has 2 heterocycles. The van der Waals surface area contributed by atoms with E-state index in [-0.39, 0.29) is 24.1 Å². The van der Waals surface area contributed by atoms with Gasteiger partial charge >= 0.3 is 6.18 Å². The highest BCUT2D eigenvalue weighted by atomic mass is 19.4. The molecule has 0 radical (unpaired) electrons. The maximum absolute atomic E-state index is 13.3. The molecule has 0 aliphatic carbocycles. The molecule has 1 aromatic heterocycles. The molecule has 3 rings (SSSR count). The second kappa shape index (κ2) is 6.36. The molecule has 5 nitrogen and oxygen atoms in total. The molecule has 132 valence electrons. The van der Waals surface area contributed by atoms with Crippen LogP contribution in [0.2, 0.25) is 0 Å². The Morgan fingerprint density at radius 1 is 1.20 bits per heavy atom. The van der Waals surface area contributed by atoms with E-state index in [4.69, 9.17) is 0 Å². The summed E-state index contributed by atoms with van der Waals surface area (Å²) in [6.07, 6.45) is -4.25. The zero-order valence-corrected chi connectivity index (χ0v) is 13.0. The summed E-state index contributed by atoms with van der Waals surface area (Å²) in [4.78, 5) is 27.3. The van der Waals surface area contributed by atoms with Crippen LogP contribution < -0.4 is 5.56 Å². The normalized spacial score (nSPS) is 20.7. The number of alkyl halides is 3. The summed E-state index contributed by atoms with van der Waals surface area (Å²) in [6.45, 7) is -0.0746. The number of likely N-dealkylation sites (tertiary alicyclic amines) is 1. The Hall–Kier alpha value is -2.61. The number of hydrogen-bond donors (Lipinski definition) is 2. The van der Waals surface area contributed by atoms with Crippen molar-refractivity contribution in [2.24, 2.45) is 0 Å². The minimum Gasteiger partial charge on any atom is -0.391 e. The van der Waals surface area contributed by atoms with Gasteiger partial charge in [-0.05, 0) is 24.1 Å². The third kappa shape index (κ3) is 3.43. The quantitative estimate of drug-likeness (QED) is 0.871. The van der Waals surface area contributed by atoms with Gasteiger partial charge in [0.2, 0.25) is 5.56 Å². The van der Waals surface area contributed by atoms with Gasteiger partial charge in [-0.3, -0.25) is 9.59 Å². The fourth-order valence-corrected chi connectivity index (χ4v) is 3.09. The number of carbonyl (C=O) groups is 1. The predicted octanol–water partition coefficient (Wildman–Crippen LogP) is 2.34. The van der Waals surface area contributed by atoms with Gasteiger partial charge in [0.1, 0.15) is 0 Å². The predicted molar refractivity (Wildman–Crippen MR) is 82.9 cm³/mol. The zero-order chi connectivity index (χ0) is 18.2. The van der Waals surface area contributed by atoms with Gasteiger partial charge in [-0.15, -0.1) is 0 Å². The third-order valence-electron chi connectivity index (χ3n) is 4.20. The third-order valence-corrected chi connectivity index (χ3v) is 4.20. The van der Waals surface area contributed by atoms with Crippen molar-refractivity contribution in [3.8, 4) is 0 Å². The molecule has 2 aromatic rings. The zero-order valence-electron chi connectivity index (χ0n) is 13.0. The fraction of sp³-hybridized carbons (Fsp3) is 0.294. The second-order valence-electron chi connectivity index (χ2n) is 5.89. The Labute approximate surface area is 140 Å². The minimum atomic E-state index is -4.56. The number of aliphatic hydroxyl groups is 1. The molecule has 1 aliphatic heterocycles. The number of amides is 1. The highest BCUT2D eigenvalue weighted by molar-refractivity contribution is 5.94. The molecule has 0 saturated carbocycles. The van der Waals surface area contributed by atoms with Crippen LogP contribution in [0.15, 0.2) is 47.4 Å². The molecule has 2 N–H and O–H groups in total. The van der Waals surface area contributed by atoms with Gasteiger partial charge in [-0.2, -0.15) is 13.2 Å². The van der Waals surface area contributed by atoms with Crippen LogP contribution in [0.25, 0.3) is 0 Å². The van der Waals surface area contributed by atoms with Crippen LogP contribution in [0.3, 0.4) is 0 Å². The van der Waals surface area contributed by atoms with Crippen LogP contribution in [0.5, 0.6) is 0 Å².